The Kier molecular flexibility index (Phi) is 17.8. The molecule has 3 unspecified atom stereocenters. The van der Waals surface area contributed by atoms with Crippen LogP contribution in [0.2, 0.25) is 0 Å². The fourth-order valence-electron chi connectivity index (χ4n) is 3.87. The van der Waals surface area contributed by atoms with E-state index in [-0.39, 0.29) is 17.9 Å². The number of esters is 1. The number of ketones is 1. The molecule has 1 saturated heterocycles. The van der Waals surface area contributed by atoms with Crippen LogP contribution in [0.25, 0.3) is 0 Å². The monoisotopic (exact) mass is 505 g/mol. The van der Waals surface area contributed by atoms with Crippen molar-refractivity contribution in [1.82, 2.24) is 0 Å². The molecule has 1 aromatic rings. The third kappa shape index (κ3) is 11.7. The Balaban J connectivity index is 0.000000653. The van der Waals surface area contributed by atoms with Crippen LogP contribution in [0.5, 0.6) is 0 Å². The zero-order valence-corrected chi connectivity index (χ0v) is 22.7. The highest BCUT2D eigenvalue weighted by molar-refractivity contribution is 5.94. The first-order valence-electron chi connectivity index (χ1n) is 13.0. The van der Waals surface area contributed by atoms with Crippen LogP contribution in [0.1, 0.15) is 96.8 Å². The topological polar surface area (TPSA) is 113 Å². The number of nitro groups is 1. The Hall–Kier alpha value is -2.87. The van der Waals surface area contributed by atoms with E-state index in [0.29, 0.717) is 23.7 Å². The number of hydrogen-bond acceptors (Lipinski definition) is 7. The summed E-state index contributed by atoms with van der Waals surface area (Å²) in [6, 6.07) is 5.45. The van der Waals surface area contributed by atoms with E-state index in [1.54, 1.807) is 0 Å². The smallest absolute Gasteiger partial charge is 0.338 e. The summed E-state index contributed by atoms with van der Waals surface area (Å²) < 4.78 is 11.1. The van der Waals surface area contributed by atoms with Crippen LogP contribution in [0.3, 0.4) is 0 Å². The molecule has 8 heteroatoms. The van der Waals surface area contributed by atoms with Crippen molar-refractivity contribution < 1.29 is 28.8 Å². The van der Waals surface area contributed by atoms with Gasteiger partial charge in [0.05, 0.1) is 16.6 Å². The highest BCUT2D eigenvalue weighted by atomic mass is 16.6. The molecule has 1 aliphatic carbocycles. The molecular formula is C28H43NO7. The van der Waals surface area contributed by atoms with Crippen LogP contribution in [0.15, 0.2) is 35.9 Å². The minimum Gasteiger partial charge on any atom is -0.456 e. The van der Waals surface area contributed by atoms with Gasteiger partial charge in [0.25, 0.3) is 5.69 Å². The summed E-state index contributed by atoms with van der Waals surface area (Å²) in [5.41, 5.74) is 1.23. The Morgan fingerprint density at radius 3 is 2.25 bits per heavy atom. The van der Waals surface area contributed by atoms with E-state index in [2.05, 4.69) is 6.92 Å². The molecule has 0 bridgehead atoms. The number of allylic oxidation sites excluding steroid dienone is 2. The van der Waals surface area contributed by atoms with Crippen molar-refractivity contribution in [1.29, 1.82) is 0 Å². The number of unbranched alkanes of at least 4 members (excludes halogenated alkanes) is 1. The maximum absolute atomic E-state index is 12.0. The Labute approximate surface area is 215 Å². The number of non-ortho nitro benzene ring substituents is 1. The number of aldehydes is 1. The van der Waals surface area contributed by atoms with Crippen molar-refractivity contribution in [3.8, 4) is 0 Å². The molecule has 3 atom stereocenters. The van der Waals surface area contributed by atoms with Crippen LogP contribution in [0, 0.1) is 16.0 Å². The highest BCUT2D eigenvalue weighted by Crippen LogP contribution is 2.37. The van der Waals surface area contributed by atoms with Gasteiger partial charge in [-0.05, 0) is 69.6 Å². The molecular weight excluding hydrogens is 462 g/mol. The van der Waals surface area contributed by atoms with Gasteiger partial charge in [-0.2, -0.15) is 0 Å². The van der Waals surface area contributed by atoms with Gasteiger partial charge in [-0.25, -0.2) is 4.79 Å². The Bertz CT molecular complexity index is 833. The van der Waals surface area contributed by atoms with Gasteiger partial charge in [0, 0.05) is 25.2 Å². The quantitative estimate of drug-likeness (QED) is 0.128. The van der Waals surface area contributed by atoms with Crippen LogP contribution >= 0.6 is 0 Å². The molecule has 0 aromatic heterocycles. The van der Waals surface area contributed by atoms with Crippen molar-refractivity contribution in [2.24, 2.45) is 5.92 Å². The van der Waals surface area contributed by atoms with Gasteiger partial charge in [-0.1, -0.05) is 40.2 Å². The molecule has 2 fully saturated rings. The lowest BCUT2D eigenvalue weighted by Crippen LogP contribution is -2.28. The lowest BCUT2D eigenvalue weighted by Gasteiger charge is -2.18. The molecule has 1 saturated carbocycles. The molecule has 0 radical (unpaired) electrons. The minimum atomic E-state index is -0.497. The van der Waals surface area contributed by atoms with Gasteiger partial charge in [-0.15, -0.1) is 0 Å². The molecule has 0 amide bonds. The van der Waals surface area contributed by atoms with E-state index in [1.165, 1.54) is 31.2 Å². The Morgan fingerprint density at radius 1 is 1.11 bits per heavy atom. The van der Waals surface area contributed by atoms with E-state index in [9.17, 15) is 19.7 Å². The van der Waals surface area contributed by atoms with Crippen molar-refractivity contribution in [2.75, 3.05) is 6.61 Å². The number of fused-ring (bicyclic) bond motifs is 1. The summed E-state index contributed by atoms with van der Waals surface area (Å²) in [5.74, 6) is 0.367. The van der Waals surface area contributed by atoms with Gasteiger partial charge in [-0.3, -0.25) is 14.9 Å². The molecule has 0 spiro atoms. The van der Waals surface area contributed by atoms with E-state index < -0.39 is 10.9 Å². The largest absolute Gasteiger partial charge is 0.456 e. The molecule has 1 heterocycles. The van der Waals surface area contributed by atoms with E-state index >= 15 is 0 Å². The maximum Gasteiger partial charge on any atom is 0.338 e. The summed E-state index contributed by atoms with van der Waals surface area (Å²) in [6.07, 6.45) is 9.33. The average molecular weight is 506 g/mol. The molecule has 1 aromatic carbocycles. The summed E-state index contributed by atoms with van der Waals surface area (Å²) in [7, 11) is 0. The van der Waals surface area contributed by atoms with Crippen molar-refractivity contribution in [2.45, 2.75) is 98.7 Å². The highest BCUT2D eigenvalue weighted by Gasteiger charge is 2.42. The van der Waals surface area contributed by atoms with Crippen molar-refractivity contribution in [3.63, 3.8) is 0 Å². The number of carbonyl (C=O) groups is 3. The molecule has 0 N–H and O–H groups in total. The second kappa shape index (κ2) is 19.3. The van der Waals surface area contributed by atoms with E-state index in [0.717, 1.165) is 57.0 Å². The fourth-order valence-corrected chi connectivity index (χ4v) is 3.87. The third-order valence-electron chi connectivity index (χ3n) is 5.68. The number of nitrogens with zero attached hydrogens (tertiary/aromatic N) is 1. The molecule has 3 rings (SSSR count). The van der Waals surface area contributed by atoms with Crippen LogP contribution in [-0.4, -0.2) is 41.8 Å². The number of carbonyl (C=O) groups excluding carboxylic acids is 3. The summed E-state index contributed by atoms with van der Waals surface area (Å²) >= 11 is 0. The van der Waals surface area contributed by atoms with Crippen molar-refractivity contribution >= 4 is 23.7 Å². The van der Waals surface area contributed by atoms with Gasteiger partial charge in [0.1, 0.15) is 12.4 Å². The molecule has 1 aliphatic heterocycles. The standard InChI is InChI=1S/C14H15NO5.C10H18O.C2H4O.C2H6/c16-14(10-1-4-11(5-2-10)15(17)18)20-12-6-3-9-7-8-19-13(9)12;1-4-6-8-9(3)10(11)7-5-2;1-2-3;1-2/h1-2,4-5,9,12-13H,3,6-8H2;8H,4-7H2,1-3H3;2H,1H3;1-2H3/b;9-8-;;. The second-order valence-electron chi connectivity index (χ2n) is 8.29. The predicted octanol–water partition coefficient (Wildman–Crippen LogP) is 6.65. The first-order valence-corrected chi connectivity index (χ1v) is 13.0. The predicted molar refractivity (Wildman–Crippen MR) is 141 cm³/mol. The normalized spacial score (nSPS) is 19.7. The van der Waals surface area contributed by atoms with Crippen LogP contribution in [-0.2, 0) is 19.1 Å². The van der Waals surface area contributed by atoms with Crippen LogP contribution < -0.4 is 0 Å². The zero-order valence-electron chi connectivity index (χ0n) is 22.7. The van der Waals surface area contributed by atoms with Crippen LogP contribution in [0.4, 0.5) is 5.69 Å². The van der Waals surface area contributed by atoms with Gasteiger partial charge in [0.15, 0.2) is 5.78 Å². The second-order valence-corrected chi connectivity index (χ2v) is 8.29. The summed E-state index contributed by atoms with van der Waals surface area (Å²) in [4.78, 5) is 42.1. The number of nitro benzene ring substituents is 1. The van der Waals surface area contributed by atoms with Gasteiger partial charge < -0.3 is 14.3 Å². The molecule has 202 valence electrons. The minimum absolute atomic E-state index is 0.0250. The number of rotatable bonds is 8. The van der Waals surface area contributed by atoms with Gasteiger partial charge in [0.2, 0.25) is 0 Å². The lowest BCUT2D eigenvalue weighted by molar-refractivity contribution is -0.384. The maximum atomic E-state index is 12.0. The number of hydrogen-bond donors (Lipinski definition) is 0. The average Bonchev–Trinajstić information content (AvgIpc) is 3.50. The first kappa shape index (κ1) is 33.1. The summed E-state index contributed by atoms with van der Waals surface area (Å²) in [5, 5.41) is 10.6. The molecule has 8 nitrogen and oxygen atoms in total. The third-order valence-corrected chi connectivity index (χ3v) is 5.68. The van der Waals surface area contributed by atoms with E-state index in [1.807, 2.05) is 33.8 Å². The van der Waals surface area contributed by atoms with Gasteiger partial charge >= 0.3 is 5.97 Å². The number of benzene rings is 1. The van der Waals surface area contributed by atoms with E-state index in [4.69, 9.17) is 14.3 Å². The Morgan fingerprint density at radius 2 is 1.72 bits per heavy atom. The molecule has 2 aliphatic rings. The molecule has 36 heavy (non-hydrogen) atoms. The lowest BCUT2D eigenvalue weighted by atomic mass is 10.1. The fraction of sp³-hybridized carbons (Fsp3) is 0.607. The first-order chi connectivity index (χ1) is 17.3. The number of ether oxygens (including phenoxy) is 2. The summed E-state index contributed by atoms with van der Waals surface area (Å²) in [6.45, 7) is 12.2. The van der Waals surface area contributed by atoms with Crippen molar-refractivity contribution in [3.05, 3.63) is 51.6 Å². The number of Topliss-reactive ketones (excluding diaryl/α,β-unsaturated/α-hetero) is 1. The zero-order chi connectivity index (χ0) is 27.5. The SMILES string of the molecule is CC.CC=O.CCC/C=C(/C)C(=O)CCC.O=C(OC1CCC2CCOC21)c1ccc([N+](=O)[O-])cc1.